The molecule has 0 spiro atoms. The van der Waals surface area contributed by atoms with Crippen LogP contribution in [0.5, 0.6) is 5.75 Å². The number of rotatable bonds is 4. The number of carbonyl (C=O) groups is 3. The molecule has 2 N–H and O–H groups in total. The summed E-state index contributed by atoms with van der Waals surface area (Å²) in [6.07, 6.45) is -1.09. The number of hydrogen-bond acceptors (Lipinski definition) is 6. The summed E-state index contributed by atoms with van der Waals surface area (Å²) in [5.74, 6) is 0.368. The highest BCUT2D eigenvalue weighted by Crippen LogP contribution is 2.41. The number of nitrogens with zero attached hydrogens (tertiary/aromatic N) is 2. The van der Waals surface area contributed by atoms with Gasteiger partial charge in [-0.05, 0) is 36.4 Å². The van der Waals surface area contributed by atoms with Gasteiger partial charge in [-0.15, -0.1) is 0 Å². The molecule has 0 saturated carbocycles. The second-order valence-electron chi connectivity index (χ2n) is 7.76. The molecule has 33 heavy (non-hydrogen) atoms. The number of halogens is 1. The van der Waals surface area contributed by atoms with Crippen LogP contribution in [-0.2, 0) is 14.3 Å². The first-order valence-electron chi connectivity index (χ1n) is 10.4. The summed E-state index contributed by atoms with van der Waals surface area (Å²) in [7, 11) is 0. The van der Waals surface area contributed by atoms with Gasteiger partial charge in [-0.2, -0.15) is 0 Å². The molecule has 11 heteroatoms. The van der Waals surface area contributed by atoms with E-state index in [4.69, 9.17) is 25.8 Å². The molecular weight excluding hydrogens is 452 g/mol. The Balaban J connectivity index is 1.24. The fourth-order valence-corrected chi connectivity index (χ4v) is 4.18. The van der Waals surface area contributed by atoms with Crippen LogP contribution in [-0.4, -0.2) is 63.1 Å². The Labute approximate surface area is 194 Å². The van der Waals surface area contributed by atoms with E-state index in [1.807, 2.05) is 0 Å². The highest BCUT2D eigenvalue weighted by atomic mass is 35.5. The second kappa shape index (κ2) is 8.80. The number of carbonyl (C=O) groups excluding carboxylic acids is 3. The van der Waals surface area contributed by atoms with Crippen LogP contribution >= 0.6 is 11.6 Å². The molecule has 0 radical (unpaired) electrons. The average Bonchev–Trinajstić information content (AvgIpc) is 3.15. The SMILES string of the molecule is O=C(NC[C@@H]1OC(=O)N2c3ccc(N4CCOCC4=O)cc3OC[C@@H]12)Nc1ccc(Cl)cc1. The molecule has 2 fully saturated rings. The highest BCUT2D eigenvalue weighted by molar-refractivity contribution is 6.30. The quantitative estimate of drug-likeness (QED) is 0.708. The molecule has 0 aromatic heterocycles. The predicted octanol–water partition coefficient (Wildman–Crippen LogP) is 2.61. The number of nitrogens with one attached hydrogen (secondary N) is 2. The first kappa shape index (κ1) is 21.4. The van der Waals surface area contributed by atoms with E-state index in [2.05, 4.69) is 10.6 Å². The van der Waals surface area contributed by atoms with Crippen molar-refractivity contribution in [2.24, 2.45) is 0 Å². The van der Waals surface area contributed by atoms with Gasteiger partial charge in [0.15, 0.2) is 0 Å². The van der Waals surface area contributed by atoms with Crippen LogP contribution in [0.4, 0.5) is 26.7 Å². The molecule has 172 valence electrons. The van der Waals surface area contributed by atoms with Crippen molar-refractivity contribution >= 4 is 46.7 Å². The van der Waals surface area contributed by atoms with Crippen molar-refractivity contribution in [3.05, 3.63) is 47.5 Å². The minimum Gasteiger partial charge on any atom is -0.489 e. The summed E-state index contributed by atoms with van der Waals surface area (Å²) < 4.78 is 16.6. The summed E-state index contributed by atoms with van der Waals surface area (Å²) in [5, 5.41) is 5.99. The van der Waals surface area contributed by atoms with Crippen LogP contribution in [0.15, 0.2) is 42.5 Å². The number of urea groups is 1. The van der Waals surface area contributed by atoms with E-state index >= 15 is 0 Å². The fraction of sp³-hybridized carbons (Fsp3) is 0.318. The van der Waals surface area contributed by atoms with E-state index < -0.39 is 24.3 Å². The standard InChI is InChI=1S/C22H21ClN4O6/c23-13-1-3-14(4-2-13)25-21(29)24-10-19-17-11-32-18-9-15(26-7-8-31-12-20(26)28)5-6-16(18)27(17)22(30)33-19/h1-6,9,17,19H,7-8,10-12H2,(H2,24,25,29)/t17-,19-/m0/s1. The molecule has 3 aliphatic heterocycles. The Morgan fingerprint density at radius 2 is 1.97 bits per heavy atom. The van der Waals surface area contributed by atoms with Crippen molar-refractivity contribution in [1.82, 2.24) is 5.32 Å². The average molecular weight is 473 g/mol. The molecular formula is C22H21ClN4O6. The van der Waals surface area contributed by atoms with Gasteiger partial charge in [0.2, 0.25) is 0 Å². The lowest BCUT2D eigenvalue weighted by molar-refractivity contribution is -0.125. The highest BCUT2D eigenvalue weighted by Gasteiger charge is 2.46. The Morgan fingerprint density at radius 1 is 1.15 bits per heavy atom. The molecule has 2 atom stereocenters. The third-order valence-electron chi connectivity index (χ3n) is 5.69. The van der Waals surface area contributed by atoms with Crippen LogP contribution in [0.3, 0.4) is 0 Å². The molecule has 10 nitrogen and oxygen atoms in total. The Hall–Kier alpha value is -3.50. The van der Waals surface area contributed by atoms with Crippen LogP contribution in [0, 0.1) is 0 Å². The molecule has 3 aliphatic rings. The zero-order valence-corrected chi connectivity index (χ0v) is 18.2. The van der Waals surface area contributed by atoms with E-state index in [1.165, 1.54) is 4.90 Å². The maximum atomic E-state index is 12.6. The van der Waals surface area contributed by atoms with Gasteiger partial charge in [-0.3, -0.25) is 9.69 Å². The fourth-order valence-electron chi connectivity index (χ4n) is 4.06. The van der Waals surface area contributed by atoms with Gasteiger partial charge in [0.05, 0.1) is 18.8 Å². The van der Waals surface area contributed by atoms with Gasteiger partial charge in [-0.1, -0.05) is 11.6 Å². The lowest BCUT2D eigenvalue weighted by atomic mass is 10.1. The number of hydrogen-bond donors (Lipinski definition) is 2. The molecule has 5 rings (SSSR count). The number of benzene rings is 2. The van der Waals surface area contributed by atoms with Gasteiger partial charge in [-0.25, -0.2) is 9.59 Å². The third-order valence-corrected chi connectivity index (χ3v) is 5.94. The maximum Gasteiger partial charge on any atom is 0.415 e. The summed E-state index contributed by atoms with van der Waals surface area (Å²) in [5.41, 5.74) is 1.84. The topological polar surface area (TPSA) is 109 Å². The van der Waals surface area contributed by atoms with Gasteiger partial charge in [0.25, 0.3) is 5.91 Å². The summed E-state index contributed by atoms with van der Waals surface area (Å²) in [6, 6.07) is 11.1. The first-order valence-corrected chi connectivity index (χ1v) is 10.8. The Morgan fingerprint density at radius 3 is 2.76 bits per heavy atom. The van der Waals surface area contributed by atoms with Crippen molar-refractivity contribution in [2.45, 2.75) is 12.1 Å². The van der Waals surface area contributed by atoms with Gasteiger partial charge in [0.1, 0.15) is 31.1 Å². The number of fused-ring (bicyclic) bond motifs is 3. The van der Waals surface area contributed by atoms with Crippen molar-refractivity contribution in [3.8, 4) is 5.75 Å². The summed E-state index contributed by atoms with van der Waals surface area (Å²) in [6.45, 7) is 1.27. The van der Waals surface area contributed by atoms with Crippen molar-refractivity contribution < 1.29 is 28.6 Å². The van der Waals surface area contributed by atoms with Crippen molar-refractivity contribution in [3.63, 3.8) is 0 Å². The molecule has 2 aromatic rings. The molecule has 4 amide bonds. The number of cyclic esters (lactones) is 1. The number of anilines is 3. The third kappa shape index (κ3) is 4.27. The summed E-state index contributed by atoms with van der Waals surface area (Å²) >= 11 is 5.85. The van der Waals surface area contributed by atoms with E-state index in [0.717, 1.165) is 0 Å². The normalized spacial score (nSPS) is 21.6. The van der Waals surface area contributed by atoms with Crippen molar-refractivity contribution in [2.75, 3.05) is 48.0 Å². The Bertz CT molecular complexity index is 1090. The van der Waals surface area contributed by atoms with Gasteiger partial charge in [0, 0.05) is 29.0 Å². The predicted molar refractivity (Wildman–Crippen MR) is 120 cm³/mol. The minimum atomic E-state index is -0.581. The second-order valence-corrected chi connectivity index (χ2v) is 8.20. The molecule has 2 saturated heterocycles. The zero-order chi connectivity index (χ0) is 22.9. The monoisotopic (exact) mass is 472 g/mol. The first-order chi connectivity index (χ1) is 16.0. The maximum absolute atomic E-state index is 12.6. The molecule has 0 unspecified atom stereocenters. The Kier molecular flexibility index (Phi) is 5.69. The molecule has 0 bridgehead atoms. The van der Waals surface area contributed by atoms with Crippen LogP contribution < -0.4 is 25.2 Å². The number of ether oxygens (including phenoxy) is 3. The molecule has 3 heterocycles. The van der Waals surface area contributed by atoms with E-state index in [0.29, 0.717) is 41.0 Å². The lowest BCUT2D eigenvalue weighted by Crippen LogP contribution is -2.48. The lowest BCUT2D eigenvalue weighted by Gasteiger charge is -2.33. The summed E-state index contributed by atoms with van der Waals surface area (Å²) in [4.78, 5) is 40.1. The van der Waals surface area contributed by atoms with Gasteiger partial charge >= 0.3 is 12.1 Å². The number of amides is 4. The van der Waals surface area contributed by atoms with E-state index in [1.54, 1.807) is 47.4 Å². The minimum absolute atomic E-state index is 0.0404. The largest absolute Gasteiger partial charge is 0.489 e. The van der Waals surface area contributed by atoms with Crippen molar-refractivity contribution in [1.29, 1.82) is 0 Å². The van der Waals surface area contributed by atoms with E-state index in [-0.39, 0.29) is 25.7 Å². The van der Waals surface area contributed by atoms with Gasteiger partial charge < -0.3 is 29.7 Å². The molecule has 2 aromatic carbocycles. The molecule has 0 aliphatic carbocycles. The smallest absolute Gasteiger partial charge is 0.415 e. The van der Waals surface area contributed by atoms with Crippen LogP contribution in [0.1, 0.15) is 0 Å². The van der Waals surface area contributed by atoms with Crippen LogP contribution in [0.25, 0.3) is 0 Å². The van der Waals surface area contributed by atoms with Crippen LogP contribution in [0.2, 0.25) is 5.02 Å². The van der Waals surface area contributed by atoms with E-state index in [9.17, 15) is 14.4 Å². The zero-order valence-electron chi connectivity index (χ0n) is 17.5. The number of morpholine rings is 1.